The van der Waals surface area contributed by atoms with Gasteiger partial charge in [0.2, 0.25) is 0 Å². The van der Waals surface area contributed by atoms with Crippen LogP contribution in [0.25, 0.3) is 0 Å². The average molecular weight is 287 g/mol. The van der Waals surface area contributed by atoms with Gasteiger partial charge in [-0.3, -0.25) is 0 Å². The molecule has 3 rings (SSSR count). The molecule has 1 heterocycles. The molecule has 0 aromatic heterocycles. The zero-order chi connectivity index (χ0) is 15.3. The van der Waals surface area contributed by atoms with Gasteiger partial charge in [-0.15, -0.1) is 0 Å². The van der Waals surface area contributed by atoms with Crippen LogP contribution in [0.5, 0.6) is 0 Å². The predicted octanol–water partition coefficient (Wildman–Crippen LogP) is 3.50. The molecular formula is C19H29NO. The number of rotatable bonds is 1. The van der Waals surface area contributed by atoms with E-state index in [-0.39, 0.29) is 5.41 Å². The lowest BCUT2D eigenvalue weighted by Gasteiger charge is -2.53. The quantitative estimate of drug-likeness (QED) is 0.854. The Labute approximate surface area is 129 Å². The second-order valence-corrected chi connectivity index (χ2v) is 7.89. The predicted molar refractivity (Wildman–Crippen MR) is 87.4 cm³/mol. The highest BCUT2D eigenvalue weighted by molar-refractivity contribution is 5.40. The van der Waals surface area contributed by atoms with Gasteiger partial charge in [0, 0.05) is 0 Å². The normalized spacial score (nSPS) is 30.1. The van der Waals surface area contributed by atoms with Crippen molar-refractivity contribution in [2.45, 2.75) is 52.1 Å². The topological polar surface area (TPSA) is 23.5 Å². The highest BCUT2D eigenvalue weighted by atomic mass is 16.3. The Kier molecular flexibility index (Phi) is 3.66. The van der Waals surface area contributed by atoms with E-state index in [4.69, 9.17) is 0 Å². The van der Waals surface area contributed by atoms with Crippen LogP contribution in [-0.4, -0.2) is 30.1 Å². The van der Waals surface area contributed by atoms with Crippen molar-refractivity contribution in [2.24, 2.45) is 11.3 Å². The minimum atomic E-state index is -0.673. The Bertz CT molecular complexity index is 528. The second-order valence-electron chi connectivity index (χ2n) is 7.89. The van der Waals surface area contributed by atoms with Gasteiger partial charge in [-0.25, -0.2) is 0 Å². The lowest BCUT2D eigenvalue weighted by molar-refractivity contribution is -0.142. The minimum absolute atomic E-state index is 0.0473. The molecule has 0 saturated carbocycles. The largest absolute Gasteiger partial charge is 0.384 e. The molecule has 1 saturated heterocycles. The van der Waals surface area contributed by atoms with Crippen LogP contribution in [0.1, 0.15) is 49.8 Å². The van der Waals surface area contributed by atoms with Gasteiger partial charge in [0.1, 0.15) is 0 Å². The first-order chi connectivity index (χ1) is 9.84. The van der Waals surface area contributed by atoms with Crippen LogP contribution < -0.4 is 0 Å². The maximum absolute atomic E-state index is 11.9. The molecule has 1 N–H and O–H groups in total. The van der Waals surface area contributed by atoms with E-state index in [1.165, 1.54) is 16.7 Å². The summed E-state index contributed by atoms with van der Waals surface area (Å²) < 4.78 is 0. The lowest BCUT2D eigenvalue weighted by atomic mass is 9.56. The summed E-state index contributed by atoms with van der Waals surface area (Å²) in [6.07, 6.45) is 4.37. The monoisotopic (exact) mass is 287 g/mol. The van der Waals surface area contributed by atoms with Crippen LogP contribution in [0.2, 0.25) is 0 Å². The summed E-state index contributed by atoms with van der Waals surface area (Å²) in [5, 5.41) is 11.9. The summed E-state index contributed by atoms with van der Waals surface area (Å²) in [5.74, 6) is 0.379. The third kappa shape index (κ3) is 2.33. The number of aryl methyl sites for hydroxylation is 2. The van der Waals surface area contributed by atoms with Gasteiger partial charge in [0.05, 0.1) is 5.60 Å². The number of aliphatic hydroxyl groups is 1. The first kappa shape index (κ1) is 15.1. The average Bonchev–Trinajstić information content (AvgIpc) is 2.44. The molecule has 1 aliphatic carbocycles. The van der Waals surface area contributed by atoms with E-state index in [9.17, 15) is 5.11 Å². The van der Waals surface area contributed by atoms with Crippen LogP contribution in [0.3, 0.4) is 0 Å². The summed E-state index contributed by atoms with van der Waals surface area (Å²) in [6.45, 7) is 8.86. The fraction of sp³-hybridized carbons (Fsp3) is 0.684. The van der Waals surface area contributed by atoms with E-state index in [0.717, 1.165) is 38.8 Å². The van der Waals surface area contributed by atoms with Crippen molar-refractivity contribution in [2.75, 3.05) is 20.1 Å². The molecule has 2 aliphatic rings. The van der Waals surface area contributed by atoms with Gasteiger partial charge in [0.15, 0.2) is 0 Å². The molecule has 0 bridgehead atoms. The summed E-state index contributed by atoms with van der Waals surface area (Å²) in [6, 6.07) is 6.67. The number of piperidine rings is 1. The molecule has 1 aromatic carbocycles. The molecule has 1 aromatic rings. The molecule has 1 unspecified atom stereocenters. The van der Waals surface area contributed by atoms with Crippen LogP contribution in [0, 0.1) is 18.3 Å². The highest BCUT2D eigenvalue weighted by Gasteiger charge is 2.53. The molecule has 2 heteroatoms. The smallest absolute Gasteiger partial charge is 0.0978 e. The van der Waals surface area contributed by atoms with Gasteiger partial charge < -0.3 is 10.0 Å². The summed E-state index contributed by atoms with van der Waals surface area (Å²) in [7, 11) is 2.18. The van der Waals surface area contributed by atoms with Crippen molar-refractivity contribution in [3.63, 3.8) is 0 Å². The third-order valence-electron chi connectivity index (χ3n) is 6.04. The first-order valence-corrected chi connectivity index (χ1v) is 8.35. The molecular weight excluding hydrogens is 258 g/mol. The van der Waals surface area contributed by atoms with Crippen molar-refractivity contribution >= 4 is 0 Å². The third-order valence-corrected chi connectivity index (χ3v) is 6.04. The van der Waals surface area contributed by atoms with Crippen LogP contribution in [0.4, 0.5) is 0 Å². The van der Waals surface area contributed by atoms with Crippen molar-refractivity contribution in [1.29, 1.82) is 0 Å². The highest BCUT2D eigenvalue weighted by Crippen LogP contribution is 2.54. The first-order valence-electron chi connectivity index (χ1n) is 8.35. The van der Waals surface area contributed by atoms with E-state index in [1.54, 1.807) is 0 Å². The number of likely N-dealkylation sites (tertiary alicyclic amines) is 1. The SMILES string of the molecule is Cc1ccc2c(c1)C(O)(C1CCN(C)CC1)C(C)(C)CC2. The van der Waals surface area contributed by atoms with Crippen molar-refractivity contribution in [3.8, 4) is 0 Å². The Morgan fingerprint density at radius 3 is 2.52 bits per heavy atom. The van der Waals surface area contributed by atoms with Crippen LogP contribution in [-0.2, 0) is 12.0 Å². The lowest BCUT2D eigenvalue weighted by Crippen LogP contribution is -2.53. The summed E-state index contributed by atoms with van der Waals surface area (Å²) in [4.78, 5) is 2.38. The Morgan fingerprint density at radius 1 is 1.19 bits per heavy atom. The van der Waals surface area contributed by atoms with E-state index in [0.29, 0.717) is 5.92 Å². The molecule has 0 spiro atoms. The van der Waals surface area contributed by atoms with Crippen molar-refractivity contribution in [3.05, 3.63) is 34.9 Å². The number of nitrogens with zero attached hydrogens (tertiary/aromatic N) is 1. The molecule has 1 aliphatic heterocycles. The molecule has 1 fully saturated rings. The molecule has 1 atom stereocenters. The number of hydrogen-bond acceptors (Lipinski definition) is 2. The van der Waals surface area contributed by atoms with Gasteiger partial charge in [-0.1, -0.05) is 37.6 Å². The molecule has 2 nitrogen and oxygen atoms in total. The molecule has 0 radical (unpaired) electrons. The van der Waals surface area contributed by atoms with Crippen LogP contribution in [0.15, 0.2) is 18.2 Å². The Balaban J connectivity index is 2.07. The molecule has 116 valence electrons. The van der Waals surface area contributed by atoms with Gasteiger partial charge in [-0.2, -0.15) is 0 Å². The standard InChI is InChI=1S/C19H29NO/c1-14-5-6-15-7-10-18(2,3)19(21,17(15)13-14)16-8-11-20(4)12-9-16/h5-6,13,16,21H,7-12H2,1-4H3. The van der Waals surface area contributed by atoms with Gasteiger partial charge in [-0.05, 0) is 75.2 Å². The number of benzene rings is 1. The zero-order valence-electron chi connectivity index (χ0n) is 13.9. The van der Waals surface area contributed by atoms with E-state index < -0.39 is 5.60 Å². The van der Waals surface area contributed by atoms with E-state index >= 15 is 0 Å². The van der Waals surface area contributed by atoms with Gasteiger partial charge >= 0.3 is 0 Å². The Hall–Kier alpha value is -0.860. The van der Waals surface area contributed by atoms with Gasteiger partial charge in [0.25, 0.3) is 0 Å². The molecule has 21 heavy (non-hydrogen) atoms. The second kappa shape index (κ2) is 5.10. The van der Waals surface area contributed by atoms with Crippen molar-refractivity contribution in [1.82, 2.24) is 4.90 Å². The van der Waals surface area contributed by atoms with E-state index in [2.05, 4.69) is 50.9 Å². The fourth-order valence-corrected chi connectivity index (χ4v) is 4.46. The number of hydrogen-bond donors (Lipinski definition) is 1. The van der Waals surface area contributed by atoms with Crippen LogP contribution >= 0.6 is 0 Å². The number of fused-ring (bicyclic) bond motifs is 1. The maximum Gasteiger partial charge on any atom is 0.0978 e. The minimum Gasteiger partial charge on any atom is -0.384 e. The summed E-state index contributed by atoms with van der Waals surface area (Å²) >= 11 is 0. The zero-order valence-corrected chi connectivity index (χ0v) is 13.9. The maximum atomic E-state index is 11.9. The fourth-order valence-electron chi connectivity index (χ4n) is 4.46. The summed E-state index contributed by atoms with van der Waals surface area (Å²) in [5.41, 5.74) is 3.12. The molecule has 0 amide bonds. The Morgan fingerprint density at radius 2 is 1.86 bits per heavy atom. The van der Waals surface area contributed by atoms with Crippen molar-refractivity contribution < 1.29 is 5.11 Å². The van der Waals surface area contributed by atoms with E-state index in [1.807, 2.05) is 0 Å².